The lowest BCUT2D eigenvalue weighted by molar-refractivity contribution is 0.553. The van der Waals surface area contributed by atoms with Gasteiger partial charge in [-0.3, -0.25) is 0 Å². The van der Waals surface area contributed by atoms with Gasteiger partial charge in [0.25, 0.3) is 0 Å². The Balaban J connectivity index is 2.37. The van der Waals surface area contributed by atoms with Gasteiger partial charge in [0.15, 0.2) is 0 Å². The third-order valence-corrected chi connectivity index (χ3v) is 9.00. The van der Waals surface area contributed by atoms with Gasteiger partial charge in [0.2, 0.25) is 0 Å². The van der Waals surface area contributed by atoms with E-state index in [0.29, 0.717) is 11.8 Å². The zero-order valence-electron chi connectivity index (χ0n) is 17.8. The Hall–Kier alpha value is -1.08. The highest BCUT2D eigenvalue weighted by Crippen LogP contribution is 2.34. The van der Waals surface area contributed by atoms with Crippen molar-refractivity contribution in [2.75, 3.05) is 0 Å². The maximum absolute atomic E-state index is 2.52. The van der Waals surface area contributed by atoms with Crippen molar-refractivity contribution in [2.24, 2.45) is 11.8 Å². The Bertz CT molecular complexity index is 660. The van der Waals surface area contributed by atoms with Crippen LogP contribution in [0.2, 0.25) is 0 Å². The molecule has 0 saturated heterocycles. The molecule has 1 heteroatoms. The Kier molecular flexibility index (Phi) is 6.91. The van der Waals surface area contributed by atoms with Crippen molar-refractivity contribution in [3.63, 3.8) is 0 Å². The van der Waals surface area contributed by atoms with Crippen molar-refractivity contribution in [3.05, 3.63) is 50.7 Å². The first-order chi connectivity index (χ1) is 11.8. The minimum absolute atomic E-state index is 0.409. The van der Waals surface area contributed by atoms with Gasteiger partial charge in [-0.25, -0.2) is 0 Å². The van der Waals surface area contributed by atoms with Gasteiger partial charge in [-0.2, -0.15) is 0 Å². The number of rotatable bonds is 7. The predicted octanol–water partition coefficient (Wildman–Crippen LogP) is 5.70. The molecule has 0 N–H and O–H groups in total. The van der Waals surface area contributed by atoms with Crippen LogP contribution in [-0.4, -0.2) is 9.52 Å². The molecule has 25 heavy (non-hydrogen) atoms. The maximum atomic E-state index is 2.52. The number of unbranched alkanes of at least 4 members (excludes halogenated alkanes) is 2. The molecule has 138 valence electrons. The Labute approximate surface area is 158 Å². The molecular weight excluding hydrogens is 316 g/mol. The van der Waals surface area contributed by atoms with Gasteiger partial charge < -0.3 is 0 Å². The fourth-order valence-corrected chi connectivity index (χ4v) is 7.10. The summed E-state index contributed by atoms with van der Waals surface area (Å²) < 4.78 is 0. The second kappa shape index (κ2) is 8.53. The summed E-state index contributed by atoms with van der Waals surface area (Å²) in [6.07, 6.45) is 10.4. The molecule has 0 spiro atoms. The minimum atomic E-state index is -0.409. The molecule has 0 heterocycles. The zero-order chi connectivity index (χ0) is 18.7. The summed E-state index contributed by atoms with van der Waals surface area (Å²) >= 11 is 0. The molecule has 1 aliphatic rings. The Morgan fingerprint density at radius 1 is 0.880 bits per heavy atom. The van der Waals surface area contributed by atoms with Crippen LogP contribution in [0.5, 0.6) is 0 Å². The summed E-state index contributed by atoms with van der Waals surface area (Å²) in [4.78, 5) is 0. The summed E-state index contributed by atoms with van der Waals surface area (Å²) in [7, 11) is -0.409. The SMILES string of the molecule is CCCCCC1C=CC([SiH2]c2c(C)c(C)c(C)c(C)c2C)=C1C(C)C. The van der Waals surface area contributed by atoms with Crippen molar-refractivity contribution >= 4 is 14.7 Å². The van der Waals surface area contributed by atoms with E-state index in [1.807, 2.05) is 0 Å². The molecule has 0 aliphatic heterocycles. The average molecular weight is 355 g/mol. The van der Waals surface area contributed by atoms with Crippen molar-refractivity contribution in [1.82, 2.24) is 0 Å². The van der Waals surface area contributed by atoms with Gasteiger partial charge in [0.1, 0.15) is 0 Å². The van der Waals surface area contributed by atoms with E-state index >= 15 is 0 Å². The van der Waals surface area contributed by atoms with Gasteiger partial charge >= 0.3 is 0 Å². The van der Waals surface area contributed by atoms with Crippen LogP contribution in [-0.2, 0) is 0 Å². The number of benzene rings is 1. The zero-order valence-corrected chi connectivity index (χ0v) is 19.3. The lowest BCUT2D eigenvalue weighted by Gasteiger charge is -2.22. The lowest BCUT2D eigenvalue weighted by atomic mass is 9.89. The van der Waals surface area contributed by atoms with Crippen molar-refractivity contribution < 1.29 is 0 Å². The van der Waals surface area contributed by atoms with Crippen LogP contribution in [0.4, 0.5) is 0 Å². The molecule has 0 nitrogen and oxygen atoms in total. The second-order valence-electron chi connectivity index (χ2n) is 8.38. The fraction of sp³-hybridized carbons (Fsp3) is 0.583. The monoisotopic (exact) mass is 354 g/mol. The molecule has 0 aromatic heterocycles. The molecule has 0 bridgehead atoms. The van der Waals surface area contributed by atoms with Crippen LogP contribution in [0.1, 0.15) is 74.3 Å². The summed E-state index contributed by atoms with van der Waals surface area (Å²) in [5, 5.41) is 3.43. The van der Waals surface area contributed by atoms with E-state index in [0.717, 1.165) is 0 Å². The van der Waals surface area contributed by atoms with Crippen LogP contribution in [0, 0.1) is 46.5 Å². The molecular formula is C24H38Si. The standard InChI is InChI=1S/C24H38Si/c1-9-10-11-12-21-13-14-22(23(21)15(2)3)25-24-19(7)17(5)16(4)18(6)20(24)8/h13-15,21H,9-12,25H2,1-8H3. The molecule has 2 rings (SSSR count). The van der Waals surface area contributed by atoms with Crippen LogP contribution in [0.15, 0.2) is 22.9 Å². The highest BCUT2D eigenvalue weighted by molar-refractivity contribution is 6.63. The molecule has 0 saturated carbocycles. The lowest BCUT2D eigenvalue weighted by Crippen LogP contribution is -2.26. The first kappa shape index (κ1) is 20.2. The van der Waals surface area contributed by atoms with Gasteiger partial charge in [-0.15, -0.1) is 0 Å². The number of hydrogen-bond acceptors (Lipinski definition) is 0. The fourth-order valence-electron chi connectivity index (χ4n) is 4.53. The smallest absolute Gasteiger partial charge is 0.0775 e. The third-order valence-electron chi connectivity index (χ3n) is 6.56. The summed E-state index contributed by atoms with van der Waals surface area (Å²) in [6, 6.07) is 0. The normalized spacial score (nSPS) is 17.7. The van der Waals surface area contributed by atoms with E-state index < -0.39 is 9.52 Å². The molecule has 0 fully saturated rings. The van der Waals surface area contributed by atoms with Crippen LogP contribution in [0.3, 0.4) is 0 Å². The van der Waals surface area contributed by atoms with E-state index in [9.17, 15) is 0 Å². The Morgan fingerprint density at radius 2 is 1.44 bits per heavy atom. The van der Waals surface area contributed by atoms with Crippen molar-refractivity contribution in [2.45, 2.75) is 81.1 Å². The topological polar surface area (TPSA) is 0 Å². The summed E-state index contributed by atoms with van der Waals surface area (Å²) in [6.45, 7) is 18.7. The van der Waals surface area contributed by atoms with E-state index in [-0.39, 0.29) is 0 Å². The molecule has 0 amide bonds. The highest BCUT2D eigenvalue weighted by Gasteiger charge is 2.24. The molecule has 1 unspecified atom stereocenters. The first-order valence-electron chi connectivity index (χ1n) is 10.3. The molecule has 1 atom stereocenters. The summed E-state index contributed by atoms with van der Waals surface area (Å²) in [5.74, 6) is 1.39. The highest BCUT2D eigenvalue weighted by atomic mass is 28.2. The van der Waals surface area contributed by atoms with Crippen molar-refractivity contribution in [1.29, 1.82) is 0 Å². The summed E-state index contributed by atoms with van der Waals surface area (Å²) in [5.41, 5.74) is 9.40. The quantitative estimate of drug-likeness (QED) is 0.435. The van der Waals surface area contributed by atoms with Crippen LogP contribution < -0.4 is 5.19 Å². The predicted molar refractivity (Wildman–Crippen MR) is 117 cm³/mol. The number of allylic oxidation sites excluding steroid dienone is 4. The maximum Gasteiger partial charge on any atom is 0.0882 e. The molecule has 1 aromatic carbocycles. The largest absolute Gasteiger partial charge is 0.0882 e. The average Bonchev–Trinajstić information content (AvgIpc) is 2.98. The van der Waals surface area contributed by atoms with E-state index in [1.165, 1.54) is 42.4 Å². The molecule has 0 radical (unpaired) electrons. The van der Waals surface area contributed by atoms with Gasteiger partial charge in [-0.05, 0) is 80.7 Å². The van der Waals surface area contributed by atoms with Gasteiger partial charge in [0.05, 0.1) is 9.52 Å². The van der Waals surface area contributed by atoms with Gasteiger partial charge in [0, 0.05) is 0 Å². The van der Waals surface area contributed by atoms with Gasteiger partial charge in [-0.1, -0.05) is 68.1 Å². The van der Waals surface area contributed by atoms with Crippen LogP contribution >= 0.6 is 0 Å². The number of hydrogen-bond donors (Lipinski definition) is 0. The van der Waals surface area contributed by atoms with E-state index in [2.05, 4.69) is 67.5 Å². The Morgan fingerprint density at radius 3 is 1.96 bits per heavy atom. The second-order valence-corrected chi connectivity index (χ2v) is 10.2. The van der Waals surface area contributed by atoms with Crippen LogP contribution in [0.25, 0.3) is 0 Å². The first-order valence-corrected chi connectivity index (χ1v) is 11.7. The molecule has 1 aromatic rings. The van der Waals surface area contributed by atoms with E-state index in [1.54, 1.807) is 27.1 Å². The molecule has 1 aliphatic carbocycles. The van der Waals surface area contributed by atoms with Crippen molar-refractivity contribution in [3.8, 4) is 0 Å². The van der Waals surface area contributed by atoms with E-state index in [4.69, 9.17) is 0 Å². The minimum Gasteiger partial charge on any atom is -0.0775 e. The third kappa shape index (κ3) is 4.19.